The van der Waals surface area contributed by atoms with E-state index >= 15 is 0 Å². The first kappa shape index (κ1) is 13.2. The summed E-state index contributed by atoms with van der Waals surface area (Å²) < 4.78 is 23.3. The summed E-state index contributed by atoms with van der Waals surface area (Å²) in [5.74, 6) is 0. The van der Waals surface area contributed by atoms with E-state index in [1.807, 2.05) is 19.1 Å². The molecular formula is C10H12Br2O2S. The highest BCUT2D eigenvalue weighted by Gasteiger charge is 2.18. The Morgan fingerprint density at radius 1 is 1.20 bits per heavy atom. The molecule has 0 fully saturated rings. The topological polar surface area (TPSA) is 34.1 Å². The Morgan fingerprint density at radius 3 is 2.20 bits per heavy atom. The van der Waals surface area contributed by atoms with Gasteiger partial charge in [0.15, 0.2) is 9.84 Å². The standard InChI is InChI=1S/C10H12Br2O2S/c1-7-3-4-8(5-11)9(6-12)10(7)15(2,13)14/h3-4H,5-6H2,1-2H3. The summed E-state index contributed by atoms with van der Waals surface area (Å²) in [6.45, 7) is 1.82. The van der Waals surface area contributed by atoms with E-state index in [9.17, 15) is 8.42 Å². The predicted octanol–water partition coefficient (Wildman–Crippen LogP) is 3.19. The van der Waals surface area contributed by atoms with E-state index in [-0.39, 0.29) is 0 Å². The number of alkyl halides is 2. The third-order valence-corrected chi connectivity index (χ3v) is 4.68. The summed E-state index contributed by atoms with van der Waals surface area (Å²) >= 11 is 6.70. The van der Waals surface area contributed by atoms with Crippen LogP contribution >= 0.6 is 31.9 Å². The number of aryl methyl sites for hydroxylation is 1. The predicted molar refractivity (Wildman–Crippen MR) is 69.6 cm³/mol. The van der Waals surface area contributed by atoms with Crippen LogP contribution in [0.4, 0.5) is 0 Å². The van der Waals surface area contributed by atoms with Crippen LogP contribution in [0.25, 0.3) is 0 Å². The van der Waals surface area contributed by atoms with Crippen molar-refractivity contribution >= 4 is 41.7 Å². The number of sulfone groups is 1. The maximum atomic E-state index is 11.7. The fourth-order valence-corrected chi connectivity index (χ4v) is 4.23. The quantitative estimate of drug-likeness (QED) is 0.780. The molecule has 0 heterocycles. The third-order valence-electron chi connectivity index (χ3n) is 2.20. The number of benzene rings is 1. The van der Waals surface area contributed by atoms with E-state index in [2.05, 4.69) is 31.9 Å². The number of hydrogen-bond acceptors (Lipinski definition) is 2. The van der Waals surface area contributed by atoms with E-state index in [0.717, 1.165) is 16.7 Å². The molecule has 0 spiro atoms. The Morgan fingerprint density at radius 2 is 1.80 bits per heavy atom. The van der Waals surface area contributed by atoms with Crippen LogP contribution in [-0.4, -0.2) is 14.7 Å². The fourth-order valence-electron chi connectivity index (χ4n) is 1.57. The van der Waals surface area contributed by atoms with Gasteiger partial charge in [0.05, 0.1) is 4.90 Å². The summed E-state index contributed by atoms with van der Waals surface area (Å²) in [7, 11) is -3.16. The van der Waals surface area contributed by atoms with E-state index in [4.69, 9.17) is 0 Å². The van der Waals surface area contributed by atoms with Gasteiger partial charge in [-0.2, -0.15) is 0 Å². The lowest BCUT2D eigenvalue weighted by Crippen LogP contribution is -2.06. The molecule has 0 bridgehead atoms. The molecule has 0 N–H and O–H groups in total. The maximum Gasteiger partial charge on any atom is 0.176 e. The van der Waals surface area contributed by atoms with Crippen molar-refractivity contribution in [2.24, 2.45) is 0 Å². The monoisotopic (exact) mass is 354 g/mol. The minimum absolute atomic E-state index is 0.455. The van der Waals surface area contributed by atoms with Crippen molar-refractivity contribution in [1.29, 1.82) is 0 Å². The molecule has 0 aromatic heterocycles. The van der Waals surface area contributed by atoms with Crippen LogP contribution in [0.1, 0.15) is 16.7 Å². The van der Waals surface area contributed by atoms with Gasteiger partial charge in [-0.25, -0.2) is 8.42 Å². The van der Waals surface area contributed by atoms with Crippen molar-refractivity contribution in [1.82, 2.24) is 0 Å². The van der Waals surface area contributed by atoms with E-state index in [0.29, 0.717) is 15.6 Å². The average molecular weight is 356 g/mol. The zero-order valence-corrected chi connectivity index (χ0v) is 12.5. The zero-order valence-electron chi connectivity index (χ0n) is 8.55. The normalized spacial score (nSPS) is 11.7. The van der Waals surface area contributed by atoms with Gasteiger partial charge in [0, 0.05) is 16.9 Å². The summed E-state index contributed by atoms with van der Waals surface area (Å²) in [5.41, 5.74) is 2.67. The van der Waals surface area contributed by atoms with Gasteiger partial charge in [-0.1, -0.05) is 44.0 Å². The SMILES string of the molecule is Cc1ccc(CBr)c(CBr)c1S(C)(=O)=O. The Kier molecular flexibility index (Phi) is 4.38. The van der Waals surface area contributed by atoms with Gasteiger partial charge in [0.25, 0.3) is 0 Å². The first-order chi connectivity index (χ1) is 6.91. The minimum Gasteiger partial charge on any atom is -0.224 e. The molecule has 5 heteroatoms. The molecule has 0 saturated carbocycles. The summed E-state index contributed by atoms with van der Waals surface area (Å²) in [6, 6.07) is 3.80. The lowest BCUT2D eigenvalue weighted by molar-refractivity contribution is 0.600. The average Bonchev–Trinajstić information content (AvgIpc) is 2.15. The molecule has 0 aliphatic rings. The lowest BCUT2D eigenvalue weighted by atomic mass is 10.1. The van der Waals surface area contributed by atoms with Gasteiger partial charge in [0.2, 0.25) is 0 Å². The number of rotatable bonds is 3. The third kappa shape index (κ3) is 2.82. The van der Waals surface area contributed by atoms with Gasteiger partial charge in [-0.15, -0.1) is 0 Å². The van der Waals surface area contributed by atoms with Crippen molar-refractivity contribution in [2.45, 2.75) is 22.5 Å². The summed E-state index contributed by atoms with van der Waals surface area (Å²) in [5, 5.41) is 1.22. The first-order valence-corrected chi connectivity index (χ1v) is 8.48. The fraction of sp³-hybridized carbons (Fsp3) is 0.400. The van der Waals surface area contributed by atoms with Crippen LogP contribution in [0.3, 0.4) is 0 Å². The molecule has 0 amide bonds. The molecule has 84 valence electrons. The highest BCUT2D eigenvalue weighted by atomic mass is 79.9. The Hall–Kier alpha value is 0.130. The summed E-state index contributed by atoms with van der Waals surface area (Å²) in [6.07, 6.45) is 1.25. The molecule has 1 rings (SSSR count). The highest BCUT2D eigenvalue weighted by molar-refractivity contribution is 9.09. The minimum atomic E-state index is -3.16. The Labute approximate surface area is 107 Å². The van der Waals surface area contributed by atoms with Crippen molar-refractivity contribution < 1.29 is 8.42 Å². The molecule has 1 aromatic carbocycles. The van der Waals surface area contributed by atoms with Gasteiger partial charge in [0.1, 0.15) is 0 Å². The molecule has 0 unspecified atom stereocenters. The highest BCUT2D eigenvalue weighted by Crippen LogP contribution is 2.27. The second-order valence-electron chi connectivity index (χ2n) is 3.39. The number of halogens is 2. The summed E-state index contributed by atoms with van der Waals surface area (Å²) in [4.78, 5) is 0.455. The van der Waals surface area contributed by atoms with E-state index in [1.54, 1.807) is 0 Å². The second kappa shape index (κ2) is 4.97. The second-order valence-corrected chi connectivity index (χ2v) is 6.46. The van der Waals surface area contributed by atoms with Gasteiger partial charge >= 0.3 is 0 Å². The molecule has 15 heavy (non-hydrogen) atoms. The number of hydrogen-bond donors (Lipinski definition) is 0. The zero-order chi connectivity index (χ0) is 11.6. The van der Waals surface area contributed by atoms with Crippen LogP contribution < -0.4 is 0 Å². The molecule has 0 saturated heterocycles. The Bertz CT molecular complexity index is 467. The van der Waals surface area contributed by atoms with Crippen LogP contribution in [-0.2, 0) is 20.5 Å². The molecule has 0 atom stereocenters. The van der Waals surface area contributed by atoms with Crippen molar-refractivity contribution in [3.05, 3.63) is 28.8 Å². The Balaban J connectivity index is 3.61. The van der Waals surface area contributed by atoms with E-state index < -0.39 is 9.84 Å². The molecule has 0 aliphatic heterocycles. The van der Waals surface area contributed by atoms with Crippen LogP contribution in [0, 0.1) is 6.92 Å². The van der Waals surface area contributed by atoms with Gasteiger partial charge in [-0.3, -0.25) is 0 Å². The van der Waals surface area contributed by atoms with E-state index in [1.165, 1.54) is 6.26 Å². The smallest absolute Gasteiger partial charge is 0.176 e. The van der Waals surface area contributed by atoms with Gasteiger partial charge < -0.3 is 0 Å². The van der Waals surface area contributed by atoms with Gasteiger partial charge in [-0.05, 0) is 23.6 Å². The van der Waals surface area contributed by atoms with Crippen molar-refractivity contribution in [2.75, 3.05) is 6.26 Å². The maximum absolute atomic E-state index is 11.7. The van der Waals surface area contributed by atoms with Crippen molar-refractivity contribution in [3.63, 3.8) is 0 Å². The van der Waals surface area contributed by atoms with Crippen molar-refractivity contribution in [3.8, 4) is 0 Å². The van der Waals surface area contributed by atoms with Crippen LogP contribution in [0.2, 0.25) is 0 Å². The molecular weight excluding hydrogens is 344 g/mol. The van der Waals surface area contributed by atoms with Crippen LogP contribution in [0.5, 0.6) is 0 Å². The first-order valence-electron chi connectivity index (χ1n) is 4.35. The molecule has 2 nitrogen and oxygen atoms in total. The molecule has 0 radical (unpaired) electrons. The molecule has 1 aromatic rings. The largest absolute Gasteiger partial charge is 0.224 e. The molecule has 0 aliphatic carbocycles. The lowest BCUT2D eigenvalue weighted by Gasteiger charge is -2.12. The van der Waals surface area contributed by atoms with Crippen LogP contribution in [0.15, 0.2) is 17.0 Å².